The Balaban J connectivity index is 3.32. The molecule has 1 aromatic rings. The Morgan fingerprint density at radius 3 is 1.79 bits per heavy atom. The Morgan fingerprint density at radius 1 is 1.05 bits per heavy atom. The molecule has 0 saturated heterocycles. The lowest BCUT2D eigenvalue weighted by atomic mass is 10.0. The molecule has 0 aliphatic heterocycles. The van der Waals surface area contributed by atoms with E-state index in [2.05, 4.69) is 4.74 Å². The molecular weight excluding hydrogens is 349 g/mol. The van der Waals surface area contributed by atoms with Gasteiger partial charge in [0, 0.05) is 17.7 Å². The van der Waals surface area contributed by atoms with Gasteiger partial charge in [-0.15, -0.1) is 0 Å². The van der Waals surface area contributed by atoms with Gasteiger partial charge in [0.1, 0.15) is 22.2 Å². The van der Waals surface area contributed by atoms with Gasteiger partial charge in [-0.05, 0) is 0 Å². The molecule has 0 saturated carbocycles. The van der Waals surface area contributed by atoms with Crippen LogP contribution in [0, 0.1) is 11.6 Å². The highest BCUT2D eigenvalue weighted by atomic mass is 79.9. The predicted molar refractivity (Wildman–Crippen MR) is 55.6 cm³/mol. The summed E-state index contributed by atoms with van der Waals surface area (Å²) in [6.45, 7) is 0. The summed E-state index contributed by atoms with van der Waals surface area (Å²) in [7, 11) is 1.06. The van der Waals surface area contributed by atoms with Crippen LogP contribution in [0.5, 0.6) is 5.75 Å². The molecular formula is C10H6BrF7O. The molecule has 0 aromatic heterocycles. The zero-order chi connectivity index (χ0) is 15.0. The van der Waals surface area contributed by atoms with Gasteiger partial charge in [0.2, 0.25) is 0 Å². The molecule has 0 bridgehead atoms. The molecule has 1 nitrogen and oxygen atoms in total. The lowest BCUT2D eigenvalue weighted by Crippen LogP contribution is -2.40. The third-order valence-corrected chi connectivity index (χ3v) is 3.27. The van der Waals surface area contributed by atoms with E-state index in [4.69, 9.17) is 0 Å². The number of alkyl halides is 6. The van der Waals surface area contributed by atoms with Crippen molar-refractivity contribution in [2.45, 2.75) is 16.9 Å². The maximum absolute atomic E-state index is 13.4. The van der Waals surface area contributed by atoms with E-state index in [1.165, 1.54) is 0 Å². The van der Waals surface area contributed by atoms with Gasteiger partial charge in [-0.2, -0.15) is 22.0 Å². The van der Waals surface area contributed by atoms with Crippen LogP contribution < -0.4 is 4.74 Å². The summed E-state index contributed by atoms with van der Waals surface area (Å²) in [4.78, 5) is -2.88. The van der Waals surface area contributed by atoms with Crippen LogP contribution in [0.3, 0.4) is 0 Å². The number of ether oxygens (including phenoxy) is 1. The van der Waals surface area contributed by atoms with Gasteiger partial charge in [-0.3, -0.25) is 0 Å². The average Bonchev–Trinajstić information content (AvgIpc) is 2.25. The molecule has 108 valence electrons. The van der Waals surface area contributed by atoms with Gasteiger partial charge in [0.25, 0.3) is 0 Å². The van der Waals surface area contributed by atoms with E-state index >= 15 is 0 Å². The highest BCUT2D eigenvalue weighted by Crippen LogP contribution is 2.50. The zero-order valence-corrected chi connectivity index (χ0v) is 10.8. The lowest BCUT2D eigenvalue weighted by molar-refractivity contribution is -0.281. The highest BCUT2D eigenvalue weighted by Gasteiger charge is 2.63. The van der Waals surface area contributed by atoms with Crippen molar-refractivity contribution in [3.63, 3.8) is 0 Å². The fraction of sp³-hybridized carbons (Fsp3) is 0.400. The van der Waals surface area contributed by atoms with Crippen molar-refractivity contribution in [1.29, 1.82) is 0 Å². The molecule has 0 radical (unpaired) electrons. The van der Waals surface area contributed by atoms with Crippen molar-refractivity contribution in [3.05, 3.63) is 29.3 Å². The molecule has 1 atom stereocenters. The molecule has 0 heterocycles. The first-order chi connectivity index (χ1) is 8.52. The lowest BCUT2D eigenvalue weighted by Gasteiger charge is -2.25. The fourth-order valence-electron chi connectivity index (χ4n) is 1.25. The van der Waals surface area contributed by atoms with Crippen LogP contribution in [-0.2, 0) is 0 Å². The number of benzene rings is 1. The average molecular weight is 355 g/mol. The van der Waals surface area contributed by atoms with E-state index in [1.54, 1.807) is 0 Å². The topological polar surface area (TPSA) is 9.23 Å². The van der Waals surface area contributed by atoms with Crippen molar-refractivity contribution < 1.29 is 35.5 Å². The molecule has 19 heavy (non-hydrogen) atoms. The number of methoxy groups -OCH3 is 1. The van der Waals surface area contributed by atoms with Crippen molar-refractivity contribution in [2.24, 2.45) is 0 Å². The van der Waals surface area contributed by atoms with Gasteiger partial charge in [0.05, 0.1) is 7.11 Å². The van der Waals surface area contributed by atoms with E-state index in [0.29, 0.717) is 12.1 Å². The number of rotatable bonds is 3. The predicted octanol–water partition coefficient (Wildman–Crippen LogP) is 4.61. The molecule has 0 aliphatic carbocycles. The second-order valence-corrected chi connectivity index (χ2v) is 4.40. The Bertz CT molecular complexity index is 448. The Hall–Kier alpha value is -0.990. The summed E-state index contributed by atoms with van der Waals surface area (Å²) in [5.41, 5.74) is -1.41. The first-order valence-corrected chi connectivity index (χ1v) is 5.55. The summed E-state index contributed by atoms with van der Waals surface area (Å²) in [6.07, 6.45) is -5.94. The second-order valence-electron chi connectivity index (χ2n) is 3.49. The number of halogens is 8. The third kappa shape index (κ3) is 2.96. The quantitative estimate of drug-likeness (QED) is 0.569. The molecule has 1 aromatic carbocycles. The molecule has 9 heteroatoms. The van der Waals surface area contributed by atoms with Crippen LogP contribution in [0.25, 0.3) is 0 Å². The van der Waals surface area contributed by atoms with Crippen molar-refractivity contribution in [1.82, 2.24) is 0 Å². The van der Waals surface area contributed by atoms with Crippen LogP contribution in [0.2, 0.25) is 0 Å². The number of hydrogen-bond acceptors (Lipinski definition) is 1. The minimum Gasteiger partial charge on any atom is -0.497 e. The van der Waals surface area contributed by atoms with Crippen LogP contribution in [0.4, 0.5) is 30.7 Å². The van der Waals surface area contributed by atoms with Crippen LogP contribution in [0.1, 0.15) is 10.4 Å². The molecule has 0 spiro atoms. The van der Waals surface area contributed by atoms with Crippen molar-refractivity contribution >= 4 is 15.9 Å². The van der Waals surface area contributed by atoms with Gasteiger partial charge in [-0.25, -0.2) is 8.78 Å². The van der Waals surface area contributed by atoms with Crippen LogP contribution >= 0.6 is 15.9 Å². The zero-order valence-electron chi connectivity index (χ0n) is 9.16. The molecule has 1 unspecified atom stereocenters. The smallest absolute Gasteiger partial charge is 0.454 e. The van der Waals surface area contributed by atoms with E-state index in [1.807, 2.05) is 15.9 Å². The second kappa shape index (κ2) is 5.18. The fourth-order valence-corrected chi connectivity index (χ4v) is 1.94. The Labute approximate surface area is 111 Å². The summed E-state index contributed by atoms with van der Waals surface area (Å²) < 4.78 is 93.7. The van der Waals surface area contributed by atoms with E-state index in [0.717, 1.165) is 7.11 Å². The van der Waals surface area contributed by atoms with Crippen LogP contribution in [0.15, 0.2) is 12.1 Å². The SMILES string of the molecule is COc1cc(F)c(C(Br)C(F)(F)C(F)(F)F)c(F)c1. The van der Waals surface area contributed by atoms with Gasteiger partial charge >= 0.3 is 12.1 Å². The summed E-state index contributed by atoms with van der Waals surface area (Å²) >= 11 is 2.00. The maximum Gasteiger partial charge on any atom is 0.454 e. The van der Waals surface area contributed by atoms with Crippen LogP contribution in [-0.4, -0.2) is 19.2 Å². The van der Waals surface area contributed by atoms with Gasteiger partial charge in [0.15, 0.2) is 0 Å². The first-order valence-electron chi connectivity index (χ1n) is 4.64. The highest BCUT2D eigenvalue weighted by molar-refractivity contribution is 9.09. The maximum atomic E-state index is 13.4. The molecule has 0 aliphatic rings. The van der Waals surface area contributed by atoms with E-state index < -0.39 is 34.1 Å². The standard InChI is InChI=1S/C10H6BrF7O/c1-19-4-2-5(12)7(6(13)3-4)8(11)9(14,15)10(16,17)18/h2-3,8H,1H3. The first kappa shape index (κ1) is 16.1. The van der Waals surface area contributed by atoms with Crippen molar-refractivity contribution in [3.8, 4) is 5.75 Å². The van der Waals surface area contributed by atoms with Gasteiger partial charge in [-0.1, -0.05) is 15.9 Å². The number of hydrogen-bond donors (Lipinski definition) is 0. The van der Waals surface area contributed by atoms with E-state index in [9.17, 15) is 30.7 Å². The summed E-state index contributed by atoms with van der Waals surface area (Å²) in [6, 6.07) is 1.03. The molecule has 1 rings (SSSR count). The molecule has 0 amide bonds. The summed E-state index contributed by atoms with van der Waals surface area (Å²) in [5, 5.41) is 0. The minimum atomic E-state index is -5.94. The summed E-state index contributed by atoms with van der Waals surface area (Å²) in [5.74, 6) is -8.80. The van der Waals surface area contributed by atoms with Gasteiger partial charge < -0.3 is 4.74 Å². The monoisotopic (exact) mass is 354 g/mol. The largest absolute Gasteiger partial charge is 0.497 e. The Kier molecular flexibility index (Phi) is 4.38. The molecule has 0 N–H and O–H groups in total. The van der Waals surface area contributed by atoms with Crippen molar-refractivity contribution in [2.75, 3.05) is 7.11 Å². The van der Waals surface area contributed by atoms with E-state index in [-0.39, 0.29) is 5.75 Å². The third-order valence-electron chi connectivity index (χ3n) is 2.24. The Morgan fingerprint density at radius 2 is 1.47 bits per heavy atom. The minimum absolute atomic E-state index is 0.339. The molecule has 0 fully saturated rings. The normalized spacial score (nSPS) is 14.4.